The van der Waals surface area contributed by atoms with Crippen LogP contribution in [-0.2, 0) is 0 Å². The smallest absolute Gasteiger partial charge is 0.0975 e. The van der Waals surface area contributed by atoms with Crippen LogP contribution in [0.1, 0.15) is 47.2 Å². The van der Waals surface area contributed by atoms with Gasteiger partial charge in [0.2, 0.25) is 0 Å². The fourth-order valence-corrected chi connectivity index (χ4v) is 3.72. The Morgan fingerprint density at radius 1 is 1.65 bits per heavy atom. The summed E-state index contributed by atoms with van der Waals surface area (Å²) in [6.45, 7) is 6.37. The van der Waals surface area contributed by atoms with Crippen LogP contribution in [0.25, 0.3) is 0 Å². The maximum Gasteiger partial charge on any atom is 0.0975 e. The van der Waals surface area contributed by atoms with Gasteiger partial charge in [0, 0.05) is 17.3 Å². The average molecular weight is 249 g/mol. The van der Waals surface area contributed by atoms with Crippen LogP contribution in [0, 0.1) is 18.3 Å². The van der Waals surface area contributed by atoms with Crippen LogP contribution in [0.2, 0.25) is 0 Å². The van der Waals surface area contributed by atoms with E-state index in [1.165, 1.54) is 16.3 Å². The van der Waals surface area contributed by atoms with Gasteiger partial charge >= 0.3 is 0 Å². The van der Waals surface area contributed by atoms with Gasteiger partial charge < -0.3 is 4.90 Å². The molecule has 1 saturated heterocycles. The summed E-state index contributed by atoms with van der Waals surface area (Å²) in [5.41, 5.74) is 1.06. The second-order valence-corrected chi connectivity index (χ2v) is 5.90. The lowest BCUT2D eigenvalue weighted by Gasteiger charge is -2.06. The Kier molecular flexibility index (Phi) is 3.80. The Bertz CT molecular complexity index is 432. The zero-order valence-electron chi connectivity index (χ0n) is 10.7. The molecule has 2 unspecified atom stereocenters. The molecule has 17 heavy (non-hydrogen) atoms. The highest BCUT2D eigenvalue weighted by molar-refractivity contribution is 7.12. The van der Waals surface area contributed by atoms with E-state index in [1.54, 1.807) is 11.3 Å². The van der Waals surface area contributed by atoms with E-state index in [4.69, 9.17) is 5.26 Å². The van der Waals surface area contributed by atoms with Gasteiger partial charge in [-0.2, -0.15) is 5.26 Å². The van der Waals surface area contributed by atoms with E-state index in [9.17, 15) is 0 Å². The summed E-state index contributed by atoms with van der Waals surface area (Å²) in [5, 5.41) is 10.4. The first-order chi connectivity index (χ1) is 8.15. The van der Waals surface area contributed by atoms with Crippen molar-refractivity contribution in [2.24, 2.45) is 0 Å². The third kappa shape index (κ3) is 2.51. The Balaban J connectivity index is 2.22. The zero-order valence-corrected chi connectivity index (χ0v) is 11.5. The van der Waals surface area contributed by atoms with Crippen LogP contribution in [0.15, 0.2) is 0 Å². The maximum absolute atomic E-state index is 9.14. The summed E-state index contributed by atoms with van der Waals surface area (Å²) < 4.78 is 0. The molecule has 0 bridgehead atoms. The monoisotopic (exact) mass is 249 g/mol. The first-order valence-corrected chi connectivity index (χ1v) is 7.02. The number of hydrogen-bond acceptors (Lipinski definition) is 4. The average Bonchev–Trinajstić information content (AvgIpc) is 2.88. The van der Waals surface area contributed by atoms with Gasteiger partial charge in [-0.1, -0.05) is 6.92 Å². The predicted octanol–water partition coefficient (Wildman–Crippen LogP) is 2.89. The normalized spacial score (nSPS) is 22.6. The molecule has 0 saturated carbocycles. The number of hydrogen-bond donors (Lipinski definition) is 0. The van der Waals surface area contributed by atoms with Crippen LogP contribution < -0.4 is 0 Å². The molecule has 1 aliphatic rings. The van der Waals surface area contributed by atoms with Crippen LogP contribution in [0.3, 0.4) is 0 Å². The van der Waals surface area contributed by atoms with E-state index in [0.717, 1.165) is 25.2 Å². The lowest BCUT2D eigenvalue weighted by molar-refractivity contribution is 0.411. The SMILES string of the molecule is CCC(C#N)c1sc(C2CCN(C)C2)nc1C. The molecule has 4 heteroatoms. The van der Waals surface area contributed by atoms with Gasteiger partial charge in [0.1, 0.15) is 0 Å². The number of nitriles is 1. The number of likely N-dealkylation sites (tertiary alicyclic amines) is 1. The molecule has 92 valence electrons. The molecular formula is C13H19N3S. The molecule has 1 aromatic rings. The van der Waals surface area contributed by atoms with Gasteiger partial charge in [-0.05, 0) is 33.4 Å². The van der Waals surface area contributed by atoms with Gasteiger partial charge in [0.05, 0.1) is 22.7 Å². The third-order valence-electron chi connectivity index (χ3n) is 3.47. The molecule has 2 rings (SSSR count). The molecule has 0 radical (unpaired) electrons. The van der Waals surface area contributed by atoms with E-state index in [-0.39, 0.29) is 5.92 Å². The summed E-state index contributed by atoms with van der Waals surface area (Å²) >= 11 is 1.76. The highest BCUT2D eigenvalue weighted by Gasteiger charge is 2.26. The van der Waals surface area contributed by atoms with Gasteiger partial charge in [-0.3, -0.25) is 0 Å². The van der Waals surface area contributed by atoms with Crippen molar-refractivity contribution in [3.8, 4) is 6.07 Å². The lowest BCUT2D eigenvalue weighted by atomic mass is 10.1. The summed E-state index contributed by atoms with van der Waals surface area (Å²) in [6, 6.07) is 2.38. The maximum atomic E-state index is 9.14. The minimum atomic E-state index is 0.0281. The molecule has 2 heterocycles. The molecular weight excluding hydrogens is 230 g/mol. The van der Waals surface area contributed by atoms with Crippen molar-refractivity contribution >= 4 is 11.3 Å². The molecule has 0 spiro atoms. The van der Waals surface area contributed by atoms with Crippen molar-refractivity contribution in [2.75, 3.05) is 20.1 Å². The fraction of sp³-hybridized carbons (Fsp3) is 0.692. The molecule has 2 atom stereocenters. The van der Waals surface area contributed by atoms with Crippen molar-refractivity contribution in [3.63, 3.8) is 0 Å². The Labute approximate surface area is 107 Å². The van der Waals surface area contributed by atoms with Crippen LogP contribution in [-0.4, -0.2) is 30.0 Å². The van der Waals surface area contributed by atoms with Crippen molar-refractivity contribution in [3.05, 3.63) is 15.6 Å². The topological polar surface area (TPSA) is 39.9 Å². The van der Waals surface area contributed by atoms with Crippen molar-refractivity contribution < 1.29 is 0 Å². The molecule has 0 aromatic carbocycles. The fourth-order valence-electron chi connectivity index (χ4n) is 2.40. The molecule has 0 amide bonds. The number of likely N-dealkylation sites (N-methyl/N-ethyl adjacent to an activating group) is 1. The summed E-state index contributed by atoms with van der Waals surface area (Å²) in [5.74, 6) is 0.606. The van der Waals surface area contributed by atoms with E-state index in [0.29, 0.717) is 5.92 Å². The minimum Gasteiger partial charge on any atom is -0.306 e. The predicted molar refractivity (Wildman–Crippen MR) is 70.4 cm³/mol. The quantitative estimate of drug-likeness (QED) is 0.827. The van der Waals surface area contributed by atoms with Gasteiger partial charge in [0.25, 0.3) is 0 Å². The van der Waals surface area contributed by atoms with E-state index in [2.05, 4.69) is 29.9 Å². The molecule has 0 aliphatic carbocycles. The van der Waals surface area contributed by atoms with Gasteiger partial charge in [-0.25, -0.2) is 4.98 Å². The molecule has 1 aliphatic heterocycles. The van der Waals surface area contributed by atoms with Crippen molar-refractivity contribution in [2.45, 2.75) is 38.5 Å². The third-order valence-corrected chi connectivity index (χ3v) is 4.90. The second kappa shape index (κ2) is 5.16. The zero-order chi connectivity index (χ0) is 12.4. The number of aromatic nitrogens is 1. The van der Waals surface area contributed by atoms with E-state index in [1.807, 2.05) is 6.92 Å². The lowest BCUT2D eigenvalue weighted by Crippen LogP contribution is -2.13. The molecule has 1 aromatic heterocycles. The number of thiazole rings is 1. The van der Waals surface area contributed by atoms with E-state index < -0.39 is 0 Å². The van der Waals surface area contributed by atoms with Crippen molar-refractivity contribution in [1.82, 2.24) is 9.88 Å². The minimum absolute atomic E-state index is 0.0281. The Morgan fingerprint density at radius 3 is 2.94 bits per heavy atom. The Morgan fingerprint density at radius 2 is 2.41 bits per heavy atom. The summed E-state index contributed by atoms with van der Waals surface area (Å²) in [6.07, 6.45) is 2.08. The van der Waals surface area contributed by atoms with Crippen molar-refractivity contribution in [1.29, 1.82) is 5.26 Å². The first-order valence-electron chi connectivity index (χ1n) is 6.21. The van der Waals surface area contributed by atoms with Gasteiger partial charge in [-0.15, -0.1) is 11.3 Å². The van der Waals surface area contributed by atoms with E-state index >= 15 is 0 Å². The molecule has 3 nitrogen and oxygen atoms in total. The standard InChI is InChI=1S/C13H19N3S/c1-4-10(7-14)12-9(2)15-13(17-12)11-5-6-16(3)8-11/h10-11H,4-6,8H2,1-3H3. The molecule has 1 fully saturated rings. The second-order valence-electron chi connectivity index (χ2n) is 4.84. The number of aryl methyl sites for hydroxylation is 1. The number of rotatable bonds is 3. The summed E-state index contributed by atoms with van der Waals surface area (Å²) in [4.78, 5) is 8.21. The highest BCUT2D eigenvalue weighted by atomic mass is 32.1. The van der Waals surface area contributed by atoms with Crippen LogP contribution in [0.5, 0.6) is 0 Å². The first kappa shape index (κ1) is 12.5. The largest absolute Gasteiger partial charge is 0.306 e. The molecule has 0 N–H and O–H groups in total. The van der Waals surface area contributed by atoms with Crippen LogP contribution >= 0.6 is 11.3 Å². The number of nitrogens with zero attached hydrogens (tertiary/aromatic N) is 3. The van der Waals surface area contributed by atoms with Crippen LogP contribution in [0.4, 0.5) is 0 Å². The highest BCUT2D eigenvalue weighted by Crippen LogP contribution is 2.35. The summed E-state index contributed by atoms with van der Waals surface area (Å²) in [7, 11) is 2.16. The Hall–Kier alpha value is -0.920. The van der Waals surface area contributed by atoms with Gasteiger partial charge in [0.15, 0.2) is 0 Å².